The molecule has 6 rings (SSSR count). The number of hydrogen-bond donors (Lipinski definition) is 1. The molecule has 1 N–H and O–H groups in total. The van der Waals surface area contributed by atoms with Crippen molar-refractivity contribution in [2.45, 2.75) is 39.2 Å². The van der Waals surface area contributed by atoms with E-state index in [4.69, 9.17) is 14.2 Å². The van der Waals surface area contributed by atoms with E-state index in [1.807, 2.05) is 32.1 Å². The Morgan fingerprint density at radius 1 is 1.04 bits per heavy atom. The average Bonchev–Trinajstić information content (AvgIpc) is 3.82. The number of ether oxygens (including phenoxy) is 3. The number of benzene rings is 2. The van der Waals surface area contributed by atoms with Crippen molar-refractivity contribution in [2.75, 3.05) is 19.5 Å². The summed E-state index contributed by atoms with van der Waals surface area (Å²) in [6, 6.07) is 9.11. The summed E-state index contributed by atoms with van der Waals surface area (Å²) in [7, 11) is 3.18. The van der Waals surface area contributed by atoms with Crippen LogP contribution in [0.25, 0.3) is 23.1 Å². The number of rotatable bonds is 8. The lowest BCUT2D eigenvalue weighted by Crippen LogP contribution is -2.30. The third kappa shape index (κ3) is 6.19. The van der Waals surface area contributed by atoms with Gasteiger partial charge in [-0.25, -0.2) is 14.4 Å². The Bertz CT molecular complexity index is 1980. The molecule has 2 aliphatic carbocycles. The van der Waals surface area contributed by atoms with E-state index in [0.717, 1.165) is 29.7 Å². The van der Waals surface area contributed by atoms with Crippen LogP contribution in [0, 0.1) is 11.2 Å². The molecule has 2 aromatic carbocycles. The molecule has 2 aliphatic rings. The van der Waals surface area contributed by atoms with E-state index in [9.17, 15) is 14.0 Å². The van der Waals surface area contributed by atoms with Crippen LogP contribution in [0.3, 0.4) is 0 Å². The molecule has 0 aliphatic heterocycles. The van der Waals surface area contributed by atoms with Gasteiger partial charge in [-0.05, 0) is 86.2 Å². The van der Waals surface area contributed by atoms with Crippen LogP contribution in [0.15, 0.2) is 71.9 Å². The van der Waals surface area contributed by atoms with E-state index in [-0.39, 0.29) is 34.4 Å². The number of methoxy groups -OCH3 is 2. The first-order valence-electron chi connectivity index (χ1n) is 14.5. The van der Waals surface area contributed by atoms with Gasteiger partial charge in [0.15, 0.2) is 11.5 Å². The summed E-state index contributed by atoms with van der Waals surface area (Å²) < 4.78 is 32.3. The molecule has 45 heavy (non-hydrogen) atoms. The Morgan fingerprint density at radius 3 is 2.38 bits per heavy atom. The normalized spacial score (nSPS) is 17.3. The van der Waals surface area contributed by atoms with Crippen molar-refractivity contribution < 1.29 is 23.4 Å². The summed E-state index contributed by atoms with van der Waals surface area (Å²) in [4.78, 5) is 35.2. The lowest BCUT2D eigenvalue weighted by molar-refractivity contribution is 0.102. The molecule has 10 nitrogen and oxygen atoms in total. The van der Waals surface area contributed by atoms with Crippen LogP contribution in [0.2, 0.25) is 0 Å². The molecule has 0 radical (unpaired) electrons. The second-order valence-corrected chi connectivity index (χ2v) is 11.4. The minimum atomic E-state index is -0.657. The van der Waals surface area contributed by atoms with Gasteiger partial charge in [-0.2, -0.15) is 5.10 Å². The number of allylic oxidation sites excluding steroid dienone is 1. The number of carbonyl (C=O) groups excluding carboxylic acids is 1. The zero-order valence-electron chi connectivity index (χ0n) is 25.3. The van der Waals surface area contributed by atoms with Gasteiger partial charge >= 0.3 is 6.01 Å². The van der Waals surface area contributed by atoms with Gasteiger partial charge in [-0.1, -0.05) is 12.2 Å². The van der Waals surface area contributed by atoms with Gasteiger partial charge in [0.25, 0.3) is 5.91 Å². The van der Waals surface area contributed by atoms with Crippen LogP contribution >= 0.6 is 0 Å². The Balaban J connectivity index is 1.29. The maximum atomic E-state index is 13.5. The van der Waals surface area contributed by atoms with E-state index in [0.29, 0.717) is 22.8 Å². The average molecular weight is 610 g/mol. The number of anilines is 1. The third-order valence-electron chi connectivity index (χ3n) is 7.95. The zero-order valence-corrected chi connectivity index (χ0v) is 25.3. The molecule has 1 spiro atoms. The smallest absolute Gasteiger partial charge is 0.322 e. The molecular formula is C34H32FN5O5. The molecule has 0 atom stereocenters. The Hall–Kier alpha value is -5.32. The first-order chi connectivity index (χ1) is 21.7. The number of halogens is 1. The van der Waals surface area contributed by atoms with Gasteiger partial charge in [0.05, 0.1) is 32.3 Å². The summed E-state index contributed by atoms with van der Waals surface area (Å²) in [6.07, 6.45) is 13.6. The number of aromatic nitrogens is 4. The second kappa shape index (κ2) is 12.0. The monoisotopic (exact) mass is 609 g/mol. The maximum Gasteiger partial charge on any atom is 0.322 e. The van der Waals surface area contributed by atoms with Crippen molar-refractivity contribution >= 4 is 23.4 Å². The van der Waals surface area contributed by atoms with Gasteiger partial charge in [0, 0.05) is 23.0 Å². The lowest BCUT2D eigenvalue weighted by atomic mass is 9.98. The fraction of sp³-hybridized carbons (Fsp3) is 0.265. The van der Waals surface area contributed by atoms with Crippen LogP contribution in [-0.4, -0.2) is 39.9 Å². The van der Waals surface area contributed by atoms with Crippen LogP contribution in [0.5, 0.6) is 17.5 Å². The molecule has 1 amide bonds. The quantitative estimate of drug-likeness (QED) is 0.313. The topological polar surface area (TPSA) is 117 Å². The SMILES string of the molecule is COc1cc2/c(cc1OC)=C(Oc1ncc(NC(=O)c3cn(C(C)C)nc(-c4ccc(F)cc4)c3=O)cn1)\C=C/C1(C/C=2)CC1. The predicted octanol–water partition coefficient (Wildman–Crippen LogP) is 4.40. The third-order valence-corrected chi connectivity index (χ3v) is 7.95. The van der Waals surface area contributed by atoms with Gasteiger partial charge in [-0.3, -0.25) is 14.3 Å². The van der Waals surface area contributed by atoms with Crippen LogP contribution < -0.4 is 35.4 Å². The van der Waals surface area contributed by atoms with Crippen LogP contribution in [0.1, 0.15) is 49.5 Å². The molecule has 2 aromatic heterocycles. The number of nitrogens with zero attached hydrogens (tertiary/aromatic N) is 4. The minimum Gasteiger partial charge on any atom is -0.493 e. The largest absolute Gasteiger partial charge is 0.493 e. The highest BCUT2D eigenvalue weighted by molar-refractivity contribution is 6.04. The van der Waals surface area contributed by atoms with Gasteiger partial charge in [0.2, 0.25) is 5.43 Å². The molecule has 0 unspecified atom stereocenters. The van der Waals surface area contributed by atoms with Crippen LogP contribution in [-0.2, 0) is 0 Å². The molecule has 1 saturated carbocycles. The first kappa shape index (κ1) is 29.7. The molecule has 1 fully saturated rings. The molecule has 0 bridgehead atoms. The number of hydrogen-bond acceptors (Lipinski definition) is 8. The highest BCUT2D eigenvalue weighted by Gasteiger charge is 2.39. The lowest BCUT2D eigenvalue weighted by Gasteiger charge is -2.14. The van der Waals surface area contributed by atoms with E-state index >= 15 is 0 Å². The number of carbonyl (C=O) groups is 1. The predicted molar refractivity (Wildman–Crippen MR) is 167 cm³/mol. The summed E-state index contributed by atoms with van der Waals surface area (Å²) in [5.41, 5.74) is 0.115. The van der Waals surface area contributed by atoms with Crippen LogP contribution in [0.4, 0.5) is 10.1 Å². The highest BCUT2D eigenvalue weighted by atomic mass is 19.1. The van der Waals surface area contributed by atoms with E-state index in [2.05, 4.69) is 32.5 Å². The van der Waals surface area contributed by atoms with Crippen molar-refractivity contribution in [2.24, 2.45) is 5.41 Å². The van der Waals surface area contributed by atoms with Gasteiger partial charge < -0.3 is 19.5 Å². The Kier molecular flexibility index (Phi) is 7.92. The molecule has 11 heteroatoms. The minimum absolute atomic E-state index is 0.0420. The van der Waals surface area contributed by atoms with E-state index in [1.165, 1.54) is 47.5 Å². The van der Waals surface area contributed by atoms with Gasteiger partial charge in [0.1, 0.15) is 22.8 Å². The maximum absolute atomic E-state index is 13.5. The molecule has 2 heterocycles. The second-order valence-electron chi connectivity index (χ2n) is 11.4. The van der Waals surface area contributed by atoms with E-state index in [1.54, 1.807) is 14.2 Å². The first-order valence-corrected chi connectivity index (χ1v) is 14.5. The summed E-state index contributed by atoms with van der Waals surface area (Å²) in [6.45, 7) is 3.74. The van der Waals surface area contributed by atoms with E-state index < -0.39 is 17.2 Å². The number of amides is 1. The van der Waals surface area contributed by atoms with Crippen molar-refractivity contribution in [1.82, 2.24) is 19.7 Å². The fourth-order valence-corrected chi connectivity index (χ4v) is 5.08. The molecule has 4 aromatic rings. The molecular weight excluding hydrogens is 577 g/mol. The number of fused-ring (bicyclic) bond motifs is 1. The standard InChI is InChI=1S/C34H32FN5O5/c1-20(2)40-19-26(31(41)30(39-40)21-5-7-23(35)8-6-21)32(42)38-24-17-36-33(37-18-24)45-27-10-12-34(13-14-34)11-9-22-15-28(43-3)29(44-4)16-25(22)27/h5-10,12,15-20H,11,13-14H2,1-4H3,(H,38,42)/b12-10-,22-9+,27-25+. The van der Waals surface area contributed by atoms with Crippen molar-refractivity contribution in [3.8, 4) is 28.8 Å². The summed E-state index contributed by atoms with van der Waals surface area (Å²) in [5.74, 6) is 0.633. The molecule has 0 saturated heterocycles. The fourth-order valence-electron chi connectivity index (χ4n) is 5.08. The Morgan fingerprint density at radius 2 is 1.73 bits per heavy atom. The zero-order chi connectivity index (χ0) is 31.7. The molecule has 230 valence electrons. The van der Waals surface area contributed by atoms with Crippen molar-refractivity contribution in [3.05, 3.63) is 99.2 Å². The van der Waals surface area contributed by atoms with Gasteiger partial charge in [-0.15, -0.1) is 0 Å². The van der Waals surface area contributed by atoms with Crippen molar-refractivity contribution in [3.63, 3.8) is 0 Å². The number of nitrogens with one attached hydrogen (secondary N) is 1. The summed E-state index contributed by atoms with van der Waals surface area (Å²) in [5, 5.41) is 8.83. The Labute approximate surface area is 258 Å². The highest BCUT2D eigenvalue weighted by Crippen LogP contribution is 2.51. The summed E-state index contributed by atoms with van der Waals surface area (Å²) >= 11 is 0. The van der Waals surface area contributed by atoms with Crippen molar-refractivity contribution in [1.29, 1.82) is 0 Å².